The number of rotatable bonds is 8. The first-order valence-electron chi connectivity index (χ1n) is 10.0. The van der Waals surface area contributed by atoms with Crippen molar-refractivity contribution in [3.05, 3.63) is 90.8 Å². The molecule has 0 aromatic heterocycles. The first-order chi connectivity index (χ1) is 16.3. The average Bonchev–Trinajstić information content (AvgIpc) is 2.80. The number of nitrogens with one attached hydrogen (secondary N) is 1. The minimum atomic E-state index is -0.606. The highest BCUT2D eigenvalue weighted by molar-refractivity contribution is 9.10. The molecule has 0 radical (unpaired) electrons. The largest absolute Gasteiger partial charge is 0.490 e. The van der Waals surface area contributed by atoms with Gasteiger partial charge < -0.3 is 14.8 Å². The van der Waals surface area contributed by atoms with E-state index < -0.39 is 5.91 Å². The number of carbonyl (C=O) groups excluding carboxylic acids is 1. The maximum absolute atomic E-state index is 12.6. The van der Waals surface area contributed by atoms with E-state index >= 15 is 0 Å². The fourth-order valence-corrected chi connectivity index (χ4v) is 3.73. The topological polar surface area (TPSA) is 71.3 Å². The fourth-order valence-electron chi connectivity index (χ4n) is 2.90. The number of anilines is 1. The van der Waals surface area contributed by atoms with Crippen LogP contribution in [0, 0.1) is 11.3 Å². The minimum absolute atomic E-state index is 0.131. The van der Waals surface area contributed by atoms with E-state index in [0.717, 1.165) is 10.0 Å². The molecule has 0 atom stereocenters. The predicted octanol–water partition coefficient (Wildman–Crippen LogP) is 7.93. The second-order valence-electron chi connectivity index (χ2n) is 6.93. The van der Waals surface area contributed by atoms with Crippen LogP contribution in [0.1, 0.15) is 18.1 Å². The lowest BCUT2D eigenvalue weighted by atomic mass is 10.1. The van der Waals surface area contributed by atoms with Crippen molar-refractivity contribution in [2.24, 2.45) is 0 Å². The van der Waals surface area contributed by atoms with Crippen LogP contribution < -0.4 is 14.8 Å². The Morgan fingerprint density at radius 2 is 1.76 bits per heavy atom. The quantitative estimate of drug-likeness (QED) is 0.217. The van der Waals surface area contributed by atoms with E-state index in [0.29, 0.717) is 34.4 Å². The summed E-state index contributed by atoms with van der Waals surface area (Å²) < 4.78 is 12.6. The van der Waals surface area contributed by atoms with Crippen molar-refractivity contribution in [3.63, 3.8) is 0 Å². The molecule has 0 saturated heterocycles. The van der Waals surface area contributed by atoms with Gasteiger partial charge in [-0.2, -0.15) is 5.26 Å². The second-order valence-corrected chi connectivity index (χ2v) is 9.07. The zero-order valence-corrected chi connectivity index (χ0v) is 21.7. The molecule has 0 spiro atoms. The molecule has 9 heteroatoms. The Bertz CT molecular complexity index is 1270. The van der Waals surface area contributed by atoms with Crippen molar-refractivity contribution in [1.29, 1.82) is 5.26 Å². The lowest BCUT2D eigenvalue weighted by Crippen LogP contribution is -2.13. The highest BCUT2D eigenvalue weighted by Gasteiger charge is 2.15. The molecule has 3 rings (SSSR count). The summed E-state index contributed by atoms with van der Waals surface area (Å²) >= 11 is 21.8. The number of hydrogen-bond acceptors (Lipinski definition) is 4. The van der Waals surface area contributed by atoms with Crippen LogP contribution in [0.2, 0.25) is 15.1 Å². The van der Waals surface area contributed by atoms with E-state index in [1.54, 1.807) is 24.3 Å². The highest BCUT2D eigenvalue weighted by atomic mass is 79.9. The highest BCUT2D eigenvalue weighted by Crippen LogP contribution is 2.38. The van der Waals surface area contributed by atoms with Gasteiger partial charge in [-0.15, -0.1) is 0 Å². The van der Waals surface area contributed by atoms with E-state index in [2.05, 4.69) is 21.2 Å². The van der Waals surface area contributed by atoms with Gasteiger partial charge in [-0.05, 0) is 66.6 Å². The van der Waals surface area contributed by atoms with Gasteiger partial charge in [-0.1, -0.05) is 62.9 Å². The molecule has 174 valence electrons. The monoisotopic (exact) mass is 578 g/mol. The van der Waals surface area contributed by atoms with E-state index in [1.807, 2.05) is 37.3 Å². The first-order valence-corrected chi connectivity index (χ1v) is 11.9. The molecule has 0 bridgehead atoms. The summed E-state index contributed by atoms with van der Waals surface area (Å²) in [5, 5.41) is 13.1. The van der Waals surface area contributed by atoms with Crippen LogP contribution in [0.4, 0.5) is 5.69 Å². The molecule has 3 aromatic carbocycles. The summed E-state index contributed by atoms with van der Waals surface area (Å²) in [6, 6.07) is 17.5. The molecule has 0 unspecified atom stereocenters. The van der Waals surface area contributed by atoms with E-state index in [9.17, 15) is 10.1 Å². The van der Waals surface area contributed by atoms with Crippen LogP contribution >= 0.6 is 50.7 Å². The van der Waals surface area contributed by atoms with Gasteiger partial charge >= 0.3 is 0 Å². The van der Waals surface area contributed by atoms with Gasteiger partial charge in [0.2, 0.25) is 0 Å². The van der Waals surface area contributed by atoms with E-state index in [-0.39, 0.29) is 22.2 Å². The van der Waals surface area contributed by atoms with Crippen LogP contribution in [0.25, 0.3) is 6.08 Å². The Morgan fingerprint density at radius 3 is 2.41 bits per heavy atom. The molecule has 0 aliphatic rings. The average molecular weight is 581 g/mol. The number of nitrogens with zero attached hydrogens (tertiary/aromatic N) is 1. The number of carbonyl (C=O) groups is 1. The molecule has 34 heavy (non-hydrogen) atoms. The zero-order chi connectivity index (χ0) is 24.7. The smallest absolute Gasteiger partial charge is 0.266 e. The molecule has 0 heterocycles. The molecular weight excluding hydrogens is 563 g/mol. The maximum Gasteiger partial charge on any atom is 0.266 e. The number of benzene rings is 3. The predicted molar refractivity (Wildman–Crippen MR) is 140 cm³/mol. The van der Waals surface area contributed by atoms with Crippen LogP contribution in [0.15, 0.2) is 64.6 Å². The van der Waals surface area contributed by atoms with E-state index in [4.69, 9.17) is 44.3 Å². The maximum atomic E-state index is 12.6. The summed E-state index contributed by atoms with van der Waals surface area (Å²) in [5.41, 5.74) is 1.74. The SMILES string of the molecule is CCOc1cc(/C=C(\C#N)C(=O)Nc2ccc(Cl)c(Cl)c2)cc(Cl)c1OCc1ccc(Br)cc1. The minimum Gasteiger partial charge on any atom is -0.490 e. The molecule has 0 aliphatic heterocycles. The summed E-state index contributed by atoms with van der Waals surface area (Å²) in [6.07, 6.45) is 1.42. The molecule has 0 fully saturated rings. The van der Waals surface area contributed by atoms with E-state index in [1.165, 1.54) is 12.1 Å². The van der Waals surface area contributed by atoms with Crippen molar-refractivity contribution < 1.29 is 14.3 Å². The van der Waals surface area contributed by atoms with Gasteiger partial charge in [0, 0.05) is 10.2 Å². The molecule has 0 aliphatic carbocycles. The van der Waals surface area contributed by atoms with Crippen LogP contribution in [-0.4, -0.2) is 12.5 Å². The number of ether oxygens (including phenoxy) is 2. The Morgan fingerprint density at radius 1 is 1.03 bits per heavy atom. The van der Waals surface area contributed by atoms with Crippen molar-refractivity contribution >= 4 is 68.4 Å². The van der Waals surface area contributed by atoms with Crippen molar-refractivity contribution in [2.45, 2.75) is 13.5 Å². The summed E-state index contributed by atoms with van der Waals surface area (Å²) in [5.74, 6) is 0.174. The second kappa shape index (κ2) is 12.1. The lowest BCUT2D eigenvalue weighted by molar-refractivity contribution is -0.112. The van der Waals surface area contributed by atoms with Crippen molar-refractivity contribution in [3.8, 4) is 17.6 Å². The lowest BCUT2D eigenvalue weighted by Gasteiger charge is -2.15. The van der Waals surface area contributed by atoms with Gasteiger partial charge in [0.25, 0.3) is 5.91 Å². The van der Waals surface area contributed by atoms with Crippen LogP contribution in [0.3, 0.4) is 0 Å². The van der Waals surface area contributed by atoms with Gasteiger partial charge in [0.05, 0.1) is 21.7 Å². The normalized spacial score (nSPS) is 11.0. The van der Waals surface area contributed by atoms with Gasteiger partial charge in [0.1, 0.15) is 18.2 Å². The van der Waals surface area contributed by atoms with Crippen molar-refractivity contribution in [1.82, 2.24) is 0 Å². The molecule has 3 aromatic rings. The van der Waals surface area contributed by atoms with Gasteiger partial charge in [-0.3, -0.25) is 4.79 Å². The fraction of sp³-hybridized carbons (Fsp3) is 0.120. The zero-order valence-electron chi connectivity index (χ0n) is 17.9. The molecule has 1 amide bonds. The summed E-state index contributed by atoms with van der Waals surface area (Å²) in [7, 11) is 0. The Balaban J connectivity index is 1.84. The number of halogens is 4. The number of amides is 1. The molecule has 5 nitrogen and oxygen atoms in total. The Labute approximate surface area is 221 Å². The molecular formula is C25H18BrCl3N2O3. The third-order valence-electron chi connectivity index (χ3n) is 4.48. The first kappa shape index (κ1) is 25.9. The number of hydrogen-bond donors (Lipinski definition) is 1. The third-order valence-corrected chi connectivity index (χ3v) is 6.03. The summed E-state index contributed by atoms with van der Waals surface area (Å²) in [4.78, 5) is 12.6. The molecule has 1 N–H and O–H groups in total. The van der Waals surface area contributed by atoms with Gasteiger partial charge in [-0.25, -0.2) is 0 Å². The molecule has 0 saturated carbocycles. The Hall–Kier alpha value is -2.69. The van der Waals surface area contributed by atoms with Crippen LogP contribution in [0.5, 0.6) is 11.5 Å². The number of nitriles is 1. The van der Waals surface area contributed by atoms with Gasteiger partial charge in [0.15, 0.2) is 11.5 Å². The standard InChI is InChI=1S/C25H18BrCl3N2O3/c1-2-33-23-11-16(10-22(29)24(23)34-14-15-3-5-18(26)6-4-15)9-17(13-30)25(32)31-19-7-8-20(27)21(28)12-19/h3-12H,2,14H2,1H3,(H,31,32)/b17-9+. The van der Waals surface area contributed by atoms with Crippen molar-refractivity contribution in [2.75, 3.05) is 11.9 Å². The van der Waals surface area contributed by atoms with Crippen LogP contribution in [-0.2, 0) is 11.4 Å². The Kier molecular flexibility index (Phi) is 9.26. The summed E-state index contributed by atoms with van der Waals surface area (Å²) in [6.45, 7) is 2.50. The third kappa shape index (κ3) is 6.91.